The largest absolute Gasteiger partial charge is 0.459 e. The number of hydrogen-bond acceptors (Lipinski definition) is 10. The molecule has 1 heterocycles. The summed E-state index contributed by atoms with van der Waals surface area (Å²) in [5.41, 5.74) is 2.72. The summed E-state index contributed by atoms with van der Waals surface area (Å²) in [6.07, 6.45) is 11.3. The molecular formula is C42H57ClN2O8S. The number of aliphatic hydroxyl groups excluding tert-OH is 2. The van der Waals surface area contributed by atoms with Gasteiger partial charge in [0.1, 0.15) is 36.5 Å². The third-order valence-electron chi connectivity index (χ3n) is 10.6. The molecule has 0 radical (unpaired) electrons. The number of aliphatic hydroxyl groups is 2. The Kier molecular flexibility index (Phi) is 16.0. The van der Waals surface area contributed by atoms with Crippen LogP contribution in [0.5, 0.6) is 17.2 Å². The fourth-order valence-electron chi connectivity index (χ4n) is 8.46. The minimum Gasteiger partial charge on any atom is -0.459 e. The van der Waals surface area contributed by atoms with Crippen molar-refractivity contribution in [1.82, 2.24) is 4.90 Å². The first-order valence-electron chi connectivity index (χ1n) is 19.4. The zero-order chi connectivity index (χ0) is 38.5. The minimum absolute atomic E-state index is 0.0693. The molecule has 296 valence electrons. The van der Waals surface area contributed by atoms with E-state index in [4.69, 9.17) is 40.5 Å². The van der Waals surface area contributed by atoms with E-state index in [1.165, 1.54) is 0 Å². The van der Waals surface area contributed by atoms with E-state index in [1.54, 1.807) is 22.7 Å². The highest BCUT2D eigenvalue weighted by atomic mass is 35.5. The van der Waals surface area contributed by atoms with Crippen molar-refractivity contribution in [3.63, 3.8) is 0 Å². The molecule has 3 aliphatic rings. The average molecular weight is 785 g/mol. The topological polar surface area (TPSA) is 119 Å². The van der Waals surface area contributed by atoms with E-state index >= 15 is 0 Å². The van der Waals surface area contributed by atoms with Crippen LogP contribution in [0.3, 0.4) is 0 Å². The summed E-state index contributed by atoms with van der Waals surface area (Å²) in [7, 11) is 0. The Morgan fingerprint density at radius 2 is 1.83 bits per heavy atom. The van der Waals surface area contributed by atoms with Crippen LogP contribution in [0, 0.1) is 17.8 Å². The molecule has 1 fully saturated rings. The van der Waals surface area contributed by atoms with Gasteiger partial charge in [-0.25, -0.2) is 4.79 Å². The van der Waals surface area contributed by atoms with E-state index in [2.05, 4.69) is 18.7 Å². The Hall–Kier alpha value is -3.22. The number of alkyl halides is 1. The number of unbranched alkanes of at least 4 members (excludes halogenated alkanes) is 2. The van der Waals surface area contributed by atoms with Crippen molar-refractivity contribution in [3.8, 4) is 17.2 Å². The van der Waals surface area contributed by atoms with Gasteiger partial charge in [-0.3, -0.25) is 4.90 Å². The second-order valence-corrected chi connectivity index (χ2v) is 15.2. The molecule has 2 aliphatic carbocycles. The number of carbonyl (C=O) groups is 1. The molecular weight excluding hydrogens is 728 g/mol. The van der Waals surface area contributed by atoms with Gasteiger partial charge < -0.3 is 34.0 Å². The maximum Gasteiger partial charge on any atom is 0.410 e. The quantitative estimate of drug-likeness (QED) is 0.0421. The van der Waals surface area contributed by atoms with Crippen molar-refractivity contribution in [2.75, 3.05) is 51.7 Å². The molecule has 1 aliphatic heterocycles. The molecule has 0 bridgehead atoms. The van der Waals surface area contributed by atoms with Crippen LogP contribution in [0.4, 0.5) is 4.79 Å². The summed E-state index contributed by atoms with van der Waals surface area (Å²) >= 11 is 7.66. The van der Waals surface area contributed by atoms with Gasteiger partial charge in [-0.2, -0.15) is 0 Å². The molecule has 1 amide bonds. The van der Waals surface area contributed by atoms with Gasteiger partial charge in [0.25, 0.3) is 0 Å². The molecule has 10 nitrogen and oxygen atoms in total. The molecule has 6 atom stereocenters. The van der Waals surface area contributed by atoms with Crippen LogP contribution in [-0.2, 0) is 14.3 Å². The molecule has 5 rings (SSSR count). The number of fused-ring (bicyclic) bond motifs is 2. The Labute approximate surface area is 329 Å². The van der Waals surface area contributed by atoms with Gasteiger partial charge in [0, 0.05) is 42.6 Å². The third kappa shape index (κ3) is 9.41. The molecule has 12 heteroatoms. The number of rotatable bonds is 21. The predicted molar refractivity (Wildman–Crippen MR) is 214 cm³/mol. The average Bonchev–Trinajstić information content (AvgIpc) is 3.19. The fourth-order valence-corrected chi connectivity index (χ4v) is 8.94. The van der Waals surface area contributed by atoms with Crippen LogP contribution >= 0.6 is 23.4 Å². The zero-order valence-electron chi connectivity index (χ0n) is 31.9. The van der Waals surface area contributed by atoms with Gasteiger partial charge in [-0.1, -0.05) is 37.1 Å². The minimum atomic E-state index is -1.35. The first-order chi connectivity index (χ1) is 26.4. The highest BCUT2D eigenvalue weighted by Crippen LogP contribution is 2.62. The predicted octanol–water partition coefficient (Wildman–Crippen LogP) is 8.94. The van der Waals surface area contributed by atoms with Gasteiger partial charge in [0.2, 0.25) is 5.79 Å². The van der Waals surface area contributed by atoms with Crippen molar-refractivity contribution < 1.29 is 38.8 Å². The number of benzene rings is 2. The van der Waals surface area contributed by atoms with E-state index in [0.717, 1.165) is 53.2 Å². The summed E-state index contributed by atoms with van der Waals surface area (Å²) in [5, 5.41) is 24.4. The summed E-state index contributed by atoms with van der Waals surface area (Å²) in [4.78, 5) is 22.6. The smallest absolute Gasteiger partial charge is 0.410 e. The lowest BCUT2D eigenvalue weighted by Crippen LogP contribution is -2.70. The van der Waals surface area contributed by atoms with Crippen LogP contribution in [0.2, 0.25) is 0 Å². The van der Waals surface area contributed by atoms with Gasteiger partial charge in [-0.15, -0.1) is 29.9 Å². The molecule has 2 aromatic rings. The van der Waals surface area contributed by atoms with Gasteiger partial charge in [0.15, 0.2) is 0 Å². The Morgan fingerprint density at radius 1 is 1.09 bits per heavy atom. The van der Waals surface area contributed by atoms with E-state index in [9.17, 15) is 15.0 Å². The summed E-state index contributed by atoms with van der Waals surface area (Å²) in [6, 6.07) is 13.3. The lowest BCUT2D eigenvalue weighted by Gasteiger charge is -2.59. The van der Waals surface area contributed by atoms with Crippen molar-refractivity contribution in [1.29, 1.82) is 0 Å². The molecule has 0 spiro atoms. The molecule has 2 aromatic carbocycles. The SMILES string of the molecule is C=CCO[C@@]12Oc3ccc(Oc4ccc(SC)cc4)cc3[C@H]3[C@H](CCCCO)[C@@H](CCCCO)C=C(C(=NOCC)C[C@@H]1N(CCC)C(=O)OCCCl)[C@H]32. The van der Waals surface area contributed by atoms with Gasteiger partial charge in [0.05, 0.1) is 24.1 Å². The van der Waals surface area contributed by atoms with Crippen molar-refractivity contribution in [3.05, 3.63) is 72.3 Å². The second-order valence-electron chi connectivity index (χ2n) is 14.0. The van der Waals surface area contributed by atoms with E-state index in [1.807, 2.05) is 56.5 Å². The maximum absolute atomic E-state index is 14.0. The van der Waals surface area contributed by atoms with Crippen LogP contribution < -0.4 is 9.47 Å². The number of allylic oxidation sites excluding steroid dienone is 1. The van der Waals surface area contributed by atoms with Gasteiger partial charge >= 0.3 is 6.09 Å². The van der Waals surface area contributed by atoms with E-state index in [0.29, 0.717) is 50.3 Å². The molecule has 54 heavy (non-hydrogen) atoms. The Bertz CT molecular complexity index is 1590. The molecule has 0 unspecified atom stereocenters. The number of nitrogens with zero attached hydrogens (tertiary/aromatic N) is 2. The first kappa shape index (κ1) is 41.9. The van der Waals surface area contributed by atoms with Crippen molar-refractivity contribution >= 4 is 35.2 Å². The van der Waals surface area contributed by atoms with E-state index in [-0.39, 0.29) is 50.1 Å². The number of oxime groups is 1. The Morgan fingerprint density at radius 3 is 2.50 bits per heavy atom. The highest BCUT2D eigenvalue weighted by Gasteiger charge is 2.65. The third-order valence-corrected chi connectivity index (χ3v) is 11.5. The highest BCUT2D eigenvalue weighted by molar-refractivity contribution is 7.98. The number of ether oxygens (including phenoxy) is 4. The Balaban J connectivity index is 1.75. The number of hydrogen-bond donors (Lipinski definition) is 2. The first-order valence-corrected chi connectivity index (χ1v) is 21.2. The van der Waals surface area contributed by atoms with Crippen molar-refractivity contribution in [2.24, 2.45) is 22.9 Å². The molecule has 0 saturated heterocycles. The summed E-state index contributed by atoms with van der Waals surface area (Å²) in [6.45, 7) is 9.18. The second kappa shape index (κ2) is 20.6. The van der Waals surface area contributed by atoms with Crippen LogP contribution in [-0.4, -0.2) is 90.5 Å². The number of halogens is 1. The molecule has 1 saturated carbocycles. The number of amides is 1. The van der Waals surface area contributed by atoms with Crippen LogP contribution in [0.25, 0.3) is 0 Å². The van der Waals surface area contributed by atoms with E-state index < -0.39 is 23.8 Å². The lowest BCUT2D eigenvalue weighted by atomic mass is 9.55. The van der Waals surface area contributed by atoms with Gasteiger partial charge in [-0.05, 0) is 105 Å². The summed E-state index contributed by atoms with van der Waals surface area (Å²) < 4.78 is 26.4. The monoisotopic (exact) mass is 784 g/mol. The standard InChI is InChI=1S/C42H57ClN2O8S/c1-5-21-45(41(48)49-25-20-43)38-28-36(44-51-7-3)34-26-29(12-8-10-22-46)33(13-9-11-23-47)39-35-27-31(52-30-14-17-32(54-4)18-15-30)16-19-37(35)53-42(38,40(34)39)50-24-6-2/h6,14-19,26-27,29,33,38-40,46-47H,2,5,7-13,20-25,28H2,1,3-4H3/t29-,33+,38-,39+,40+,42+/m0/s1. The fraction of sp³-hybridized carbons (Fsp3) is 0.571. The normalized spacial score (nSPS) is 24.8. The molecule has 2 N–H and O–H groups in total. The van der Waals surface area contributed by atoms with Crippen LogP contribution in [0.1, 0.15) is 76.7 Å². The van der Waals surface area contributed by atoms with Crippen LogP contribution in [0.15, 0.2) is 76.8 Å². The van der Waals surface area contributed by atoms with Crippen molar-refractivity contribution in [2.45, 2.75) is 87.9 Å². The molecule has 0 aromatic heterocycles. The lowest BCUT2D eigenvalue weighted by molar-refractivity contribution is -0.255. The number of thioether (sulfide) groups is 1. The maximum atomic E-state index is 14.0. The summed E-state index contributed by atoms with van der Waals surface area (Å²) in [5.74, 6) is 0.561. The number of carbonyl (C=O) groups excluding carboxylic acids is 1. The zero-order valence-corrected chi connectivity index (χ0v) is 33.5.